The number of rotatable bonds is 7. The van der Waals surface area contributed by atoms with Crippen LogP contribution in [-0.2, 0) is 0 Å². The van der Waals surface area contributed by atoms with Crippen molar-refractivity contribution in [1.29, 1.82) is 0 Å². The molecule has 0 saturated heterocycles. The summed E-state index contributed by atoms with van der Waals surface area (Å²) in [6.07, 6.45) is 0. The molecule has 0 bridgehead atoms. The molecule has 11 aromatic rings. The molecule has 0 atom stereocenters. The zero-order valence-corrected chi connectivity index (χ0v) is 30.5. The highest BCUT2D eigenvalue weighted by molar-refractivity contribution is 6.09. The first-order valence-electron chi connectivity index (χ1n) is 22.8. The van der Waals surface area contributed by atoms with Gasteiger partial charge in [-0.3, -0.25) is 0 Å². The first kappa shape index (κ1) is 25.5. The zero-order chi connectivity index (χ0) is 44.7. The molecular weight excluding hydrogens is 693 g/mol. The van der Waals surface area contributed by atoms with E-state index in [1.54, 1.807) is 48.5 Å². The number of hydrogen-bond donors (Lipinski definition) is 0. The maximum Gasteiger partial charge on any atom is 0.136 e. The number of para-hydroxylation sites is 3. The molecule has 268 valence electrons. The van der Waals surface area contributed by atoms with Crippen LogP contribution in [0.3, 0.4) is 0 Å². The average molecular weight is 737 g/mol. The number of hydrogen-bond acceptors (Lipinski definition) is 2. The minimum absolute atomic E-state index is 0.0848. The number of fused-ring (bicyclic) bond motifs is 6. The standard InChI is InChI=1S/C54H36N2O/c1-2-11-37(12-3-1)38-21-28-43(29-22-38)55(45-32-25-40(26-33-45)42-27-34-50-49-17-6-9-20-53(49)57-54(50)36-42)44-30-23-39(24-31-44)41-13-10-14-46(35-41)56-51-18-7-4-15-47(51)48-16-5-8-19-52(48)56/h1-36H/i21D,22D,23D,24D,28D,29D,30D,31D. The van der Waals surface area contributed by atoms with Crippen LogP contribution in [0.2, 0.25) is 0 Å². The minimum Gasteiger partial charge on any atom is -0.456 e. The van der Waals surface area contributed by atoms with E-state index < -0.39 is 24.2 Å². The number of furan rings is 1. The summed E-state index contributed by atoms with van der Waals surface area (Å²) in [5, 5.41) is 4.15. The maximum absolute atomic E-state index is 9.62. The fourth-order valence-electron chi connectivity index (χ4n) is 7.81. The van der Waals surface area contributed by atoms with Gasteiger partial charge in [0.2, 0.25) is 0 Å². The molecule has 2 aromatic heterocycles. The van der Waals surface area contributed by atoms with Gasteiger partial charge in [0.1, 0.15) is 11.2 Å². The van der Waals surface area contributed by atoms with Gasteiger partial charge < -0.3 is 13.9 Å². The fourth-order valence-corrected chi connectivity index (χ4v) is 7.81. The lowest BCUT2D eigenvalue weighted by atomic mass is 10.0. The number of anilines is 3. The first-order chi connectivity index (χ1) is 31.6. The topological polar surface area (TPSA) is 21.3 Å². The van der Waals surface area contributed by atoms with Gasteiger partial charge in [0.25, 0.3) is 0 Å². The summed E-state index contributed by atoms with van der Waals surface area (Å²) in [6.45, 7) is 0. The molecule has 0 aliphatic rings. The molecule has 0 radical (unpaired) electrons. The van der Waals surface area contributed by atoms with Crippen LogP contribution >= 0.6 is 0 Å². The van der Waals surface area contributed by atoms with Crippen molar-refractivity contribution in [2.24, 2.45) is 0 Å². The molecule has 9 aromatic carbocycles. The normalized spacial score (nSPS) is 13.5. The van der Waals surface area contributed by atoms with E-state index in [0.717, 1.165) is 60.6 Å². The van der Waals surface area contributed by atoms with Crippen molar-refractivity contribution in [3.8, 4) is 39.1 Å². The Bertz CT molecular complexity index is 3600. The predicted octanol–water partition coefficient (Wildman–Crippen LogP) is 15.2. The van der Waals surface area contributed by atoms with E-state index in [2.05, 4.69) is 16.7 Å². The smallest absolute Gasteiger partial charge is 0.136 e. The summed E-state index contributed by atoms with van der Waals surface area (Å²) in [6, 6.07) is 50.5. The predicted molar refractivity (Wildman–Crippen MR) is 239 cm³/mol. The third-order valence-corrected chi connectivity index (χ3v) is 10.5. The Morgan fingerprint density at radius 2 is 0.860 bits per heavy atom. The zero-order valence-electron chi connectivity index (χ0n) is 38.5. The Balaban J connectivity index is 1.09. The van der Waals surface area contributed by atoms with Gasteiger partial charge in [-0.2, -0.15) is 0 Å². The van der Waals surface area contributed by atoms with E-state index in [0.29, 0.717) is 16.8 Å². The van der Waals surface area contributed by atoms with Crippen LogP contribution in [0, 0.1) is 0 Å². The summed E-state index contributed by atoms with van der Waals surface area (Å²) in [5.41, 5.74) is 6.99. The van der Waals surface area contributed by atoms with E-state index in [4.69, 9.17) is 4.42 Å². The highest BCUT2D eigenvalue weighted by Crippen LogP contribution is 2.39. The van der Waals surface area contributed by atoms with Gasteiger partial charge in [-0.25, -0.2) is 0 Å². The maximum atomic E-state index is 9.62. The fraction of sp³-hybridized carbons (Fsp3) is 0. The van der Waals surface area contributed by atoms with Crippen LogP contribution in [-0.4, -0.2) is 4.57 Å². The van der Waals surface area contributed by atoms with Gasteiger partial charge in [0.05, 0.1) is 22.0 Å². The highest BCUT2D eigenvalue weighted by atomic mass is 16.3. The van der Waals surface area contributed by atoms with Gasteiger partial charge in [0.15, 0.2) is 0 Å². The summed E-state index contributed by atoms with van der Waals surface area (Å²) in [5.74, 6) is 0. The van der Waals surface area contributed by atoms with Gasteiger partial charge in [-0.05, 0) is 112 Å². The molecule has 0 N–H and O–H groups in total. The van der Waals surface area contributed by atoms with Gasteiger partial charge in [0, 0.05) is 44.3 Å². The number of aromatic nitrogens is 1. The van der Waals surface area contributed by atoms with Crippen LogP contribution in [0.5, 0.6) is 0 Å². The van der Waals surface area contributed by atoms with E-state index in [9.17, 15) is 11.0 Å². The molecule has 2 heterocycles. The van der Waals surface area contributed by atoms with Crippen LogP contribution in [0.15, 0.2) is 223 Å². The van der Waals surface area contributed by atoms with Crippen LogP contribution < -0.4 is 4.90 Å². The van der Waals surface area contributed by atoms with Crippen LogP contribution in [0.25, 0.3) is 82.8 Å². The molecule has 57 heavy (non-hydrogen) atoms. The highest BCUT2D eigenvalue weighted by Gasteiger charge is 2.16. The molecule has 3 heteroatoms. The Hall–Kier alpha value is -7.62. The van der Waals surface area contributed by atoms with Gasteiger partial charge >= 0.3 is 0 Å². The van der Waals surface area contributed by atoms with E-state index in [1.807, 2.05) is 109 Å². The second-order valence-electron chi connectivity index (χ2n) is 13.9. The lowest BCUT2D eigenvalue weighted by Gasteiger charge is -2.26. The van der Waals surface area contributed by atoms with Crippen molar-refractivity contribution in [2.45, 2.75) is 0 Å². The van der Waals surface area contributed by atoms with Crippen LogP contribution in [0.4, 0.5) is 17.1 Å². The van der Waals surface area contributed by atoms with Crippen molar-refractivity contribution < 1.29 is 15.4 Å². The third-order valence-electron chi connectivity index (χ3n) is 10.5. The first-order valence-corrected chi connectivity index (χ1v) is 18.8. The Morgan fingerprint density at radius 1 is 0.351 bits per heavy atom. The molecule has 0 unspecified atom stereocenters. The Kier molecular flexibility index (Phi) is 6.07. The second kappa shape index (κ2) is 13.6. The molecule has 0 spiro atoms. The quantitative estimate of drug-likeness (QED) is 0.162. The summed E-state index contributed by atoms with van der Waals surface area (Å²) in [4.78, 5) is 1.33. The summed E-state index contributed by atoms with van der Waals surface area (Å²) < 4.78 is 83.8. The molecule has 11 rings (SSSR count). The van der Waals surface area contributed by atoms with Crippen molar-refractivity contribution >= 4 is 60.8 Å². The summed E-state index contributed by atoms with van der Waals surface area (Å²) >= 11 is 0. The molecule has 0 aliphatic heterocycles. The molecule has 0 saturated carbocycles. The van der Waals surface area contributed by atoms with Crippen molar-refractivity contribution in [1.82, 2.24) is 4.57 Å². The summed E-state index contributed by atoms with van der Waals surface area (Å²) in [7, 11) is 0. The largest absolute Gasteiger partial charge is 0.456 e. The lowest BCUT2D eigenvalue weighted by Crippen LogP contribution is -2.09. The molecule has 0 amide bonds. The lowest BCUT2D eigenvalue weighted by molar-refractivity contribution is 0.669. The monoisotopic (exact) mass is 736 g/mol. The molecule has 3 nitrogen and oxygen atoms in total. The van der Waals surface area contributed by atoms with E-state index in [-0.39, 0.29) is 46.7 Å². The van der Waals surface area contributed by atoms with Crippen LogP contribution in [0.1, 0.15) is 11.0 Å². The SMILES string of the molecule is [2H]c1c([2H])c(N(c2ccc(-c3ccc4c(c3)oc3ccccc34)cc2)c2c([2H])c([2H])c(-c3cccc(-n4c5ccccc5c5ccccc54)c3)c([2H])c2[2H])c([2H])c([2H])c1-c1ccccc1. The molecule has 0 aliphatic carbocycles. The van der Waals surface area contributed by atoms with Crippen molar-refractivity contribution in [3.05, 3.63) is 218 Å². The second-order valence-corrected chi connectivity index (χ2v) is 13.9. The third kappa shape index (κ3) is 5.76. The molecular formula is C54H36N2O. The minimum atomic E-state index is -0.410. The van der Waals surface area contributed by atoms with Gasteiger partial charge in [-0.1, -0.05) is 139 Å². The Morgan fingerprint density at radius 3 is 1.54 bits per heavy atom. The van der Waals surface area contributed by atoms with E-state index >= 15 is 0 Å². The Labute approximate surface area is 342 Å². The van der Waals surface area contributed by atoms with Crippen molar-refractivity contribution in [2.75, 3.05) is 4.90 Å². The van der Waals surface area contributed by atoms with Crippen molar-refractivity contribution in [3.63, 3.8) is 0 Å². The average Bonchev–Trinajstić information content (AvgIpc) is 3.88. The van der Waals surface area contributed by atoms with Gasteiger partial charge in [-0.15, -0.1) is 0 Å². The van der Waals surface area contributed by atoms with E-state index in [1.165, 1.54) is 4.90 Å². The number of nitrogens with zero attached hydrogens (tertiary/aromatic N) is 2. The molecule has 0 fully saturated rings. The number of benzene rings is 9.